The van der Waals surface area contributed by atoms with E-state index in [1.165, 1.54) is 5.56 Å². The molecule has 2 amide bonds. The number of carbonyl (C=O) groups excluding carboxylic acids is 1. The first-order valence-corrected chi connectivity index (χ1v) is 9.13. The fourth-order valence-corrected chi connectivity index (χ4v) is 3.04. The number of aryl methyl sites for hydroxylation is 1. The Morgan fingerprint density at radius 3 is 2.68 bits per heavy atom. The Hall–Kier alpha value is -3.35. The van der Waals surface area contributed by atoms with Crippen LogP contribution in [0.25, 0.3) is 5.69 Å². The van der Waals surface area contributed by atoms with Crippen molar-refractivity contribution in [2.75, 3.05) is 7.11 Å². The molecule has 28 heavy (non-hydrogen) atoms. The van der Waals surface area contributed by atoms with Gasteiger partial charge in [0.2, 0.25) is 5.88 Å². The van der Waals surface area contributed by atoms with Crippen LogP contribution >= 0.6 is 0 Å². The highest BCUT2D eigenvalue weighted by Gasteiger charge is 2.16. The molecule has 2 aromatic heterocycles. The first-order chi connectivity index (χ1) is 13.5. The number of ether oxygens (including phenoxy) is 1. The number of amides is 2. The van der Waals surface area contributed by atoms with Crippen LogP contribution < -0.4 is 15.4 Å². The zero-order valence-corrected chi connectivity index (χ0v) is 16.6. The van der Waals surface area contributed by atoms with Crippen molar-refractivity contribution in [2.24, 2.45) is 0 Å². The Morgan fingerprint density at radius 2 is 1.96 bits per heavy atom. The van der Waals surface area contributed by atoms with Crippen LogP contribution in [0, 0.1) is 13.8 Å². The van der Waals surface area contributed by atoms with E-state index in [1.54, 1.807) is 19.5 Å². The van der Waals surface area contributed by atoms with Crippen molar-refractivity contribution in [3.63, 3.8) is 0 Å². The first-order valence-electron chi connectivity index (χ1n) is 9.13. The normalized spacial score (nSPS) is 11.7. The van der Waals surface area contributed by atoms with Gasteiger partial charge in [-0.2, -0.15) is 5.10 Å². The van der Waals surface area contributed by atoms with Crippen LogP contribution in [0.15, 0.2) is 48.8 Å². The third kappa shape index (κ3) is 4.31. The van der Waals surface area contributed by atoms with Crippen molar-refractivity contribution in [1.29, 1.82) is 0 Å². The van der Waals surface area contributed by atoms with Crippen LogP contribution in [0.5, 0.6) is 5.88 Å². The zero-order chi connectivity index (χ0) is 20.1. The minimum Gasteiger partial charge on any atom is -0.481 e. The number of hydrogen-bond acceptors (Lipinski definition) is 4. The van der Waals surface area contributed by atoms with Gasteiger partial charge in [0, 0.05) is 29.6 Å². The highest BCUT2D eigenvalue weighted by molar-refractivity contribution is 5.74. The van der Waals surface area contributed by atoms with E-state index in [1.807, 2.05) is 42.8 Å². The molecule has 0 saturated heterocycles. The predicted octanol–water partition coefficient (Wildman–Crippen LogP) is 3.45. The summed E-state index contributed by atoms with van der Waals surface area (Å²) >= 11 is 0. The van der Waals surface area contributed by atoms with E-state index in [9.17, 15) is 4.79 Å². The molecule has 0 saturated carbocycles. The van der Waals surface area contributed by atoms with E-state index in [2.05, 4.69) is 39.8 Å². The van der Waals surface area contributed by atoms with Crippen LogP contribution in [0.3, 0.4) is 0 Å². The Labute approximate surface area is 164 Å². The molecule has 2 heterocycles. The molecule has 3 aromatic rings. The fourth-order valence-electron chi connectivity index (χ4n) is 3.04. The van der Waals surface area contributed by atoms with Crippen LogP contribution in [0.1, 0.15) is 35.3 Å². The molecule has 0 aliphatic carbocycles. The summed E-state index contributed by atoms with van der Waals surface area (Å²) in [7, 11) is 1.56. The van der Waals surface area contributed by atoms with Crippen molar-refractivity contribution in [2.45, 2.75) is 33.4 Å². The molecule has 7 heteroatoms. The average molecular weight is 379 g/mol. The zero-order valence-electron chi connectivity index (χ0n) is 16.6. The van der Waals surface area contributed by atoms with Crippen LogP contribution in [0.4, 0.5) is 4.79 Å². The molecule has 1 aromatic carbocycles. The number of rotatable bonds is 6. The van der Waals surface area contributed by atoms with Gasteiger partial charge in [0.25, 0.3) is 0 Å². The van der Waals surface area contributed by atoms with Crippen molar-refractivity contribution in [1.82, 2.24) is 25.4 Å². The van der Waals surface area contributed by atoms with Gasteiger partial charge in [0.05, 0.1) is 25.0 Å². The van der Waals surface area contributed by atoms with Gasteiger partial charge in [-0.25, -0.2) is 14.5 Å². The number of methoxy groups -OCH3 is 1. The van der Waals surface area contributed by atoms with E-state index in [0.29, 0.717) is 12.4 Å². The summed E-state index contributed by atoms with van der Waals surface area (Å²) in [4.78, 5) is 16.4. The number of pyridine rings is 1. The molecule has 0 radical (unpaired) electrons. The second kappa shape index (κ2) is 8.56. The molecule has 3 rings (SSSR count). The minimum absolute atomic E-state index is 0.185. The van der Waals surface area contributed by atoms with E-state index < -0.39 is 0 Å². The topological polar surface area (TPSA) is 81.1 Å². The number of benzene rings is 1. The average Bonchev–Trinajstić information content (AvgIpc) is 3.08. The first kappa shape index (κ1) is 19.4. The standard InChI is InChI=1S/C21H25N5O2/c1-14-7-9-18(10-8-14)26-16(3)19(13-24-26)15(2)25-21(27)23-12-17-6-5-11-22-20(17)28-4/h5-11,13,15H,12H2,1-4H3,(H2,23,25,27). The van der Waals surface area contributed by atoms with Gasteiger partial charge in [-0.05, 0) is 39.0 Å². The third-order valence-corrected chi connectivity index (χ3v) is 4.62. The molecule has 0 spiro atoms. The Kier molecular flexibility index (Phi) is 5.93. The summed E-state index contributed by atoms with van der Waals surface area (Å²) in [5.41, 5.74) is 4.97. The predicted molar refractivity (Wildman–Crippen MR) is 108 cm³/mol. The number of urea groups is 1. The number of nitrogens with one attached hydrogen (secondary N) is 2. The lowest BCUT2D eigenvalue weighted by Crippen LogP contribution is -2.36. The minimum atomic E-state index is -0.263. The maximum atomic E-state index is 12.3. The summed E-state index contributed by atoms with van der Waals surface area (Å²) in [5.74, 6) is 0.506. The van der Waals surface area contributed by atoms with Crippen molar-refractivity contribution < 1.29 is 9.53 Å². The molecular weight excluding hydrogens is 354 g/mol. The van der Waals surface area contributed by atoms with Gasteiger partial charge >= 0.3 is 6.03 Å². The summed E-state index contributed by atoms with van der Waals surface area (Å²) in [5, 5.41) is 10.3. The van der Waals surface area contributed by atoms with Gasteiger partial charge in [-0.1, -0.05) is 23.8 Å². The lowest BCUT2D eigenvalue weighted by molar-refractivity contribution is 0.237. The Balaban J connectivity index is 1.63. The van der Waals surface area contributed by atoms with Gasteiger partial charge in [0.15, 0.2) is 0 Å². The number of hydrogen-bond donors (Lipinski definition) is 2. The molecule has 146 valence electrons. The van der Waals surface area contributed by atoms with Crippen molar-refractivity contribution in [3.05, 3.63) is 71.2 Å². The maximum Gasteiger partial charge on any atom is 0.315 e. The highest BCUT2D eigenvalue weighted by atomic mass is 16.5. The lowest BCUT2D eigenvalue weighted by atomic mass is 10.1. The molecule has 2 N–H and O–H groups in total. The van der Waals surface area contributed by atoms with Gasteiger partial charge in [-0.15, -0.1) is 0 Å². The molecule has 1 unspecified atom stereocenters. The maximum absolute atomic E-state index is 12.3. The molecule has 1 atom stereocenters. The van der Waals surface area contributed by atoms with Crippen LogP contribution in [0.2, 0.25) is 0 Å². The number of nitrogens with zero attached hydrogens (tertiary/aromatic N) is 3. The largest absolute Gasteiger partial charge is 0.481 e. The van der Waals surface area contributed by atoms with Crippen molar-refractivity contribution in [3.8, 4) is 11.6 Å². The SMILES string of the molecule is COc1ncccc1CNC(=O)NC(C)c1cnn(-c2ccc(C)cc2)c1C. The summed E-state index contributed by atoms with van der Waals surface area (Å²) in [6.07, 6.45) is 3.45. The Morgan fingerprint density at radius 1 is 1.21 bits per heavy atom. The molecule has 7 nitrogen and oxygen atoms in total. The second-order valence-electron chi connectivity index (χ2n) is 6.65. The molecule has 0 aliphatic rings. The van der Waals surface area contributed by atoms with Gasteiger partial charge in [0.1, 0.15) is 0 Å². The number of aromatic nitrogens is 3. The highest BCUT2D eigenvalue weighted by Crippen LogP contribution is 2.20. The molecule has 0 fully saturated rings. The fraction of sp³-hybridized carbons (Fsp3) is 0.286. The van der Waals surface area contributed by atoms with Gasteiger partial charge < -0.3 is 15.4 Å². The smallest absolute Gasteiger partial charge is 0.315 e. The van der Waals surface area contributed by atoms with E-state index >= 15 is 0 Å². The molecular formula is C21H25N5O2. The van der Waals surface area contributed by atoms with Crippen LogP contribution in [-0.2, 0) is 6.54 Å². The summed E-state index contributed by atoms with van der Waals surface area (Å²) in [6.45, 7) is 6.32. The van der Waals surface area contributed by atoms with E-state index in [0.717, 1.165) is 22.5 Å². The van der Waals surface area contributed by atoms with E-state index in [4.69, 9.17) is 4.74 Å². The lowest BCUT2D eigenvalue weighted by Gasteiger charge is -2.15. The second-order valence-corrected chi connectivity index (χ2v) is 6.65. The van der Waals surface area contributed by atoms with Gasteiger partial charge in [-0.3, -0.25) is 0 Å². The third-order valence-electron chi connectivity index (χ3n) is 4.62. The quantitative estimate of drug-likeness (QED) is 0.687. The number of carbonyl (C=O) groups is 1. The summed E-state index contributed by atoms with van der Waals surface area (Å²) < 4.78 is 7.08. The monoisotopic (exact) mass is 379 g/mol. The Bertz CT molecular complexity index is 950. The molecule has 0 aliphatic heterocycles. The molecule has 0 bridgehead atoms. The van der Waals surface area contributed by atoms with Crippen LogP contribution in [-0.4, -0.2) is 27.9 Å². The van der Waals surface area contributed by atoms with Crippen molar-refractivity contribution >= 4 is 6.03 Å². The van der Waals surface area contributed by atoms with E-state index in [-0.39, 0.29) is 12.1 Å². The summed E-state index contributed by atoms with van der Waals surface area (Å²) in [6, 6.07) is 11.4.